The van der Waals surface area contributed by atoms with Crippen LogP contribution in [0.25, 0.3) is 11.6 Å². The number of benzene rings is 1. The zero-order valence-corrected chi connectivity index (χ0v) is 11.1. The molecule has 0 aliphatic heterocycles. The Morgan fingerprint density at radius 2 is 1.89 bits per heavy atom. The first kappa shape index (κ1) is 13.5. The van der Waals surface area contributed by atoms with Crippen molar-refractivity contribution in [2.24, 2.45) is 0 Å². The fourth-order valence-electron chi connectivity index (χ4n) is 1.50. The van der Waals surface area contributed by atoms with Gasteiger partial charge in [0.15, 0.2) is 6.29 Å². The molecule has 0 amide bonds. The lowest BCUT2D eigenvalue weighted by Crippen LogP contribution is -1.84. The third-order valence-electron chi connectivity index (χ3n) is 2.39. The Hall–Kier alpha value is -1.98. The molecule has 6 heteroatoms. The minimum absolute atomic E-state index is 0.0487. The van der Waals surface area contributed by atoms with E-state index in [0.29, 0.717) is 15.5 Å². The molecule has 1 aromatic carbocycles. The van der Waals surface area contributed by atoms with Gasteiger partial charge in [0.25, 0.3) is 0 Å². The molecule has 0 N–H and O–H groups in total. The van der Waals surface area contributed by atoms with E-state index in [-0.39, 0.29) is 5.00 Å². The van der Waals surface area contributed by atoms with Crippen LogP contribution in [0, 0.1) is 10.1 Å². The minimum Gasteiger partial charge on any atom is -0.298 e. The van der Waals surface area contributed by atoms with Crippen LogP contribution >= 0.6 is 22.9 Å². The zero-order valence-electron chi connectivity index (χ0n) is 9.58. The highest BCUT2D eigenvalue weighted by Gasteiger charge is 2.09. The summed E-state index contributed by atoms with van der Waals surface area (Å²) in [6.07, 6.45) is 2.34. The number of carbonyl (C=O) groups is 1. The number of thiophene rings is 1. The Morgan fingerprint density at radius 3 is 2.42 bits per heavy atom. The summed E-state index contributed by atoms with van der Waals surface area (Å²) >= 11 is 6.80. The van der Waals surface area contributed by atoms with Crippen LogP contribution in [-0.2, 0) is 4.79 Å². The summed E-state index contributed by atoms with van der Waals surface area (Å²) in [5.41, 5.74) is 1.17. The molecule has 0 aliphatic carbocycles. The standard InChI is InChI=1S/C13H8ClNO3S/c14-11-3-1-9(2-4-11)10(8-16)7-12-5-6-13(19-12)15(17)18/h1-8H/b10-7+. The molecule has 0 saturated carbocycles. The van der Waals surface area contributed by atoms with Gasteiger partial charge in [-0.05, 0) is 29.8 Å². The quantitative estimate of drug-likeness (QED) is 0.370. The molecule has 0 saturated heterocycles. The van der Waals surface area contributed by atoms with Gasteiger partial charge in [0.05, 0.1) is 4.92 Å². The molecule has 0 fully saturated rings. The number of carbonyl (C=O) groups excluding carboxylic acids is 1. The molecule has 1 aromatic heterocycles. The zero-order chi connectivity index (χ0) is 13.8. The predicted molar refractivity (Wildman–Crippen MR) is 76.4 cm³/mol. The van der Waals surface area contributed by atoms with Gasteiger partial charge in [0.1, 0.15) is 0 Å². The lowest BCUT2D eigenvalue weighted by molar-refractivity contribution is -0.380. The monoisotopic (exact) mass is 293 g/mol. The number of hydrogen-bond donors (Lipinski definition) is 0. The highest BCUT2D eigenvalue weighted by atomic mass is 35.5. The van der Waals surface area contributed by atoms with Crippen LogP contribution in [0.3, 0.4) is 0 Å². The molecule has 0 atom stereocenters. The molecule has 1 heterocycles. The summed E-state index contributed by atoms with van der Waals surface area (Å²) in [7, 11) is 0. The van der Waals surface area contributed by atoms with E-state index in [9.17, 15) is 14.9 Å². The maximum absolute atomic E-state index is 11.1. The molecule has 19 heavy (non-hydrogen) atoms. The van der Waals surface area contributed by atoms with Gasteiger partial charge in [-0.25, -0.2) is 0 Å². The molecule has 96 valence electrons. The molecular weight excluding hydrogens is 286 g/mol. The van der Waals surface area contributed by atoms with Crippen LogP contribution in [-0.4, -0.2) is 11.2 Å². The molecule has 0 aliphatic rings. The van der Waals surface area contributed by atoms with E-state index < -0.39 is 4.92 Å². The van der Waals surface area contributed by atoms with E-state index in [1.807, 2.05) is 0 Å². The van der Waals surface area contributed by atoms with Crippen molar-refractivity contribution in [2.75, 3.05) is 0 Å². The Labute approximate surface area is 118 Å². The third-order valence-corrected chi connectivity index (χ3v) is 3.63. The second-order valence-electron chi connectivity index (χ2n) is 3.66. The van der Waals surface area contributed by atoms with E-state index in [4.69, 9.17) is 11.6 Å². The van der Waals surface area contributed by atoms with E-state index in [1.165, 1.54) is 6.07 Å². The van der Waals surface area contributed by atoms with Crippen LogP contribution in [0.1, 0.15) is 10.4 Å². The van der Waals surface area contributed by atoms with E-state index in [2.05, 4.69) is 0 Å². The van der Waals surface area contributed by atoms with Gasteiger partial charge in [-0.3, -0.25) is 14.9 Å². The van der Waals surface area contributed by atoms with Crippen LogP contribution in [0.5, 0.6) is 0 Å². The smallest absolute Gasteiger partial charge is 0.298 e. The molecule has 0 radical (unpaired) electrons. The van der Waals surface area contributed by atoms with Crippen LogP contribution in [0.4, 0.5) is 5.00 Å². The van der Waals surface area contributed by atoms with E-state index in [0.717, 1.165) is 23.2 Å². The highest BCUT2D eigenvalue weighted by Crippen LogP contribution is 2.27. The van der Waals surface area contributed by atoms with Gasteiger partial charge in [-0.2, -0.15) is 0 Å². The molecule has 4 nitrogen and oxygen atoms in total. The molecule has 0 unspecified atom stereocenters. The maximum atomic E-state index is 11.1. The second kappa shape index (κ2) is 5.77. The predicted octanol–water partition coefficient (Wildman–Crippen LogP) is 4.05. The Morgan fingerprint density at radius 1 is 1.21 bits per heavy atom. The van der Waals surface area contributed by atoms with Crippen LogP contribution in [0.2, 0.25) is 5.02 Å². The van der Waals surface area contributed by atoms with Crippen molar-refractivity contribution in [2.45, 2.75) is 0 Å². The van der Waals surface area contributed by atoms with Gasteiger partial charge in [0.2, 0.25) is 0 Å². The van der Waals surface area contributed by atoms with Gasteiger partial charge < -0.3 is 0 Å². The van der Waals surface area contributed by atoms with Crippen LogP contribution in [0.15, 0.2) is 36.4 Å². The molecule has 2 aromatic rings. The van der Waals surface area contributed by atoms with Gasteiger partial charge in [-0.1, -0.05) is 35.1 Å². The number of allylic oxidation sites excluding steroid dienone is 1. The summed E-state index contributed by atoms with van der Waals surface area (Å²) in [6.45, 7) is 0. The summed E-state index contributed by atoms with van der Waals surface area (Å²) in [4.78, 5) is 21.9. The van der Waals surface area contributed by atoms with Crippen molar-refractivity contribution in [3.8, 4) is 0 Å². The largest absolute Gasteiger partial charge is 0.324 e. The third kappa shape index (κ3) is 3.27. The number of nitrogens with zero attached hydrogens (tertiary/aromatic N) is 1. The Balaban J connectivity index is 2.34. The summed E-state index contributed by atoms with van der Waals surface area (Å²) in [5.74, 6) is 0. The summed E-state index contributed by atoms with van der Waals surface area (Å²) in [5, 5.41) is 11.2. The van der Waals surface area contributed by atoms with Crippen molar-refractivity contribution in [1.82, 2.24) is 0 Å². The van der Waals surface area contributed by atoms with Crippen molar-refractivity contribution in [3.05, 3.63) is 62.0 Å². The number of aldehydes is 1. The minimum atomic E-state index is -0.453. The highest BCUT2D eigenvalue weighted by molar-refractivity contribution is 7.16. The molecule has 0 spiro atoms. The SMILES string of the molecule is O=C/C(=C\c1ccc([N+](=O)[O-])s1)c1ccc(Cl)cc1. The molecule has 0 bridgehead atoms. The summed E-state index contributed by atoms with van der Waals surface area (Å²) < 4.78 is 0. The molecular formula is C13H8ClNO3S. The van der Waals surface area contributed by atoms with E-state index >= 15 is 0 Å². The average Bonchev–Trinajstić information content (AvgIpc) is 2.86. The number of halogens is 1. The lowest BCUT2D eigenvalue weighted by Gasteiger charge is -1.99. The number of nitro groups is 1. The van der Waals surface area contributed by atoms with Crippen LogP contribution < -0.4 is 0 Å². The first-order chi connectivity index (χ1) is 9.10. The van der Waals surface area contributed by atoms with Crippen molar-refractivity contribution in [3.63, 3.8) is 0 Å². The fourth-order valence-corrected chi connectivity index (χ4v) is 2.40. The second-order valence-corrected chi connectivity index (χ2v) is 5.19. The van der Waals surface area contributed by atoms with Crippen molar-refractivity contribution < 1.29 is 9.72 Å². The first-order valence-corrected chi connectivity index (χ1v) is 6.46. The number of hydrogen-bond acceptors (Lipinski definition) is 4. The maximum Gasteiger partial charge on any atom is 0.324 e. The summed E-state index contributed by atoms with van der Waals surface area (Å²) in [6, 6.07) is 9.86. The topological polar surface area (TPSA) is 60.2 Å². The van der Waals surface area contributed by atoms with Crippen molar-refractivity contribution in [1.29, 1.82) is 0 Å². The Kier molecular flexibility index (Phi) is 4.09. The average molecular weight is 294 g/mol. The van der Waals surface area contributed by atoms with Gasteiger partial charge in [0, 0.05) is 21.5 Å². The molecule has 2 rings (SSSR count). The Bertz CT molecular complexity index is 646. The van der Waals surface area contributed by atoms with Crippen molar-refractivity contribution >= 4 is 45.9 Å². The van der Waals surface area contributed by atoms with Gasteiger partial charge >= 0.3 is 5.00 Å². The normalized spacial score (nSPS) is 11.3. The first-order valence-electron chi connectivity index (χ1n) is 5.27. The number of rotatable bonds is 4. The van der Waals surface area contributed by atoms with E-state index in [1.54, 1.807) is 36.4 Å². The van der Waals surface area contributed by atoms with Gasteiger partial charge in [-0.15, -0.1) is 0 Å². The fraction of sp³-hybridized carbons (Fsp3) is 0. The lowest BCUT2D eigenvalue weighted by atomic mass is 10.1.